The Kier molecular flexibility index (Phi) is 17.4. The number of unbranched alkanes of at least 4 members (excludes halogenated alkanes) is 15. The molecule has 1 aliphatic rings. The summed E-state index contributed by atoms with van der Waals surface area (Å²) in [5.74, 6) is 0. The van der Waals surface area contributed by atoms with Crippen molar-refractivity contribution in [2.45, 2.75) is 134 Å². The van der Waals surface area contributed by atoms with Crippen LogP contribution in [0.3, 0.4) is 0 Å². The fraction of sp³-hybridized carbons (Fsp3) is 0.920. The van der Waals surface area contributed by atoms with Crippen molar-refractivity contribution in [2.24, 2.45) is 0 Å². The predicted molar refractivity (Wildman–Crippen MR) is 122 cm³/mol. The van der Waals surface area contributed by atoms with Crippen LogP contribution in [0.25, 0.3) is 0 Å². The van der Waals surface area contributed by atoms with Gasteiger partial charge in [0.25, 0.3) is 0 Å². The third kappa shape index (κ3) is 12.9. The molecule has 0 saturated carbocycles. The minimum Gasteiger partial charge on any atom is -0.493 e. The Labute approximate surface area is 184 Å². The van der Waals surface area contributed by atoms with Crippen molar-refractivity contribution in [2.75, 3.05) is 13.2 Å². The van der Waals surface area contributed by atoms with Gasteiger partial charge in [0.1, 0.15) is 24.4 Å². The number of ether oxygens (including phenoxy) is 2. The third-order valence-corrected chi connectivity index (χ3v) is 6.09. The highest BCUT2D eigenvalue weighted by molar-refractivity contribution is 4.89. The number of allylic oxidation sites excluding steroid dienone is 1. The summed E-state index contributed by atoms with van der Waals surface area (Å²) in [4.78, 5) is 0. The zero-order valence-corrected chi connectivity index (χ0v) is 19.4. The fourth-order valence-corrected chi connectivity index (χ4v) is 3.99. The lowest BCUT2D eigenvalue weighted by molar-refractivity contribution is -0.196. The normalized spacial score (nSPS) is 24.5. The summed E-state index contributed by atoms with van der Waals surface area (Å²) in [5.41, 5.74) is 0. The van der Waals surface area contributed by atoms with Crippen molar-refractivity contribution < 1.29 is 24.8 Å². The first-order valence-corrected chi connectivity index (χ1v) is 12.6. The van der Waals surface area contributed by atoms with E-state index in [4.69, 9.17) is 14.6 Å². The second-order valence-electron chi connectivity index (χ2n) is 8.82. The Bertz CT molecular complexity index is 401. The Morgan fingerprint density at radius 2 is 1.27 bits per heavy atom. The van der Waals surface area contributed by atoms with Gasteiger partial charge in [0, 0.05) is 0 Å². The second kappa shape index (κ2) is 19.1. The summed E-state index contributed by atoms with van der Waals surface area (Å²) in [5, 5.41) is 28.9. The Hall–Kier alpha value is -0.620. The van der Waals surface area contributed by atoms with Gasteiger partial charge in [-0.15, -0.1) is 0 Å². The van der Waals surface area contributed by atoms with Crippen molar-refractivity contribution in [1.82, 2.24) is 0 Å². The molecule has 1 heterocycles. The van der Waals surface area contributed by atoms with Crippen LogP contribution in [0.5, 0.6) is 0 Å². The van der Waals surface area contributed by atoms with Crippen molar-refractivity contribution >= 4 is 0 Å². The number of hydrogen-bond acceptors (Lipinski definition) is 5. The maximum absolute atomic E-state index is 9.98. The third-order valence-electron chi connectivity index (χ3n) is 6.09. The molecule has 3 N–H and O–H groups in total. The quantitative estimate of drug-likeness (QED) is 0.193. The number of aliphatic hydroxyl groups excluding tert-OH is 3. The van der Waals surface area contributed by atoms with E-state index in [2.05, 4.69) is 6.92 Å². The number of aliphatic hydroxyl groups is 3. The molecule has 0 bridgehead atoms. The predicted octanol–water partition coefficient (Wildman–Crippen LogP) is 5.26. The highest BCUT2D eigenvalue weighted by Gasteiger charge is 2.38. The van der Waals surface area contributed by atoms with Crippen LogP contribution in [-0.4, -0.2) is 52.9 Å². The SMILES string of the molecule is CCCCCCCCCCCCCCCCC/C=C/O[C@H]1CO[C@H](CO)[C@@H](O)[C@@H]1O. The van der Waals surface area contributed by atoms with Crippen LogP contribution >= 0.6 is 0 Å². The molecular weight excluding hydrogens is 380 g/mol. The van der Waals surface area contributed by atoms with E-state index < -0.39 is 24.4 Å². The van der Waals surface area contributed by atoms with Gasteiger partial charge in [-0.3, -0.25) is 0 Å². The van der Waals surface area contributed by atoms with Crippen LogP contribution in [0.15, 0.2) is 12.3 Å². The number of rotatable bonds is 19. The summed E-state index contributed by atoms with van der Waals surface area (Å²) in [6.45, 7) is 2.14. The first-order chi connectivity index (χ1) is 14.7. The molecule has 30 heavy (non-hydrogen) atoms. The zero-order chi connectivity index (χ0) is 21.9. The molecular formula is C25H48O5. The molecule has 0 aromatic heterocycles. The average molecular weight is 429 g/mol. The average Bonchev–Trinajstić information content (AvgIpc) is 2.75. The standard InChI is InChI=1S/C25H48O5/c1-2-3-4-5-6-7-8-9-10-11-12-13-14-15-16-17-18-19-29-23-21-30-22(20-26)24(27)25(23)28/h18-19,22-28H,2-17,20-21H2,1H3/b19-18+/t22-,23+,24-,25-/m1/s1. The Morgan fingerprint density at radius 3 is 1.77 bits per heavy atom. The van der Waals surface area contributed by atoms with Crippen molar-refractivity contribution in [3.8, 4) is 0 Å². The van der Waals surface area contributed by atoms with Gasteiger partial charge in [-0.2, -0.15) is 0 Å². The summed E-state index contributed by atoms with van der Waals surface area (Å²) < 4.78 is 10.8. The van der Waals surface area contributed by atoms with Gasteiger partial charge in [-0.25, -0.2) is 0 Å². The van der Waals surface area contributed by atoms with Gasteiger partial charge in [0.05, 0.1) is 19.5 Å². The highest BCUT2D eigenvalue weighted by Crippen LogP contribution is 2.18. The molecule has 1 rings (SSSR count). The smallest absolute Gasteiger partial charge is 0.149 e. The zero-order valence-electron chi connectivity index (χ0n) is 19.4. The summed E-state index contributed by atoms with van der Waals surface area (Å²) >= 11 is 0. The lowest BCUT2D eigenvalue weighted by Crippen LogP contribution is -2.54. The van der Waals surface area contributed by atoms with Gasteiger partial charge in [-0.05, 0) is 18.9 Å². The first kappa shape index (κ1) is 27.4. The molecule has 0 aromatic carbocycles. The molecule has 0 radical (unpaired) electrons. The largest absolute Gasteiger partial charge is 0.493 e. The van der Waals surface area contributed by atoms with E-state index in [1.165, 1.54) is 89.9 Å². The van der Waals surface area contributed by atoms with E-state index >= 15 is 0 Å². The molecule has 5 nitrogen and oxygen atoms in total. The highest BCUT2D eigenvalue weighted by atomic mass is 16.6. The van der Waals surface area contributed by atoms with E-state index in [1.54, 1.807) is 6.26 Å². The molecule has 0 spiro atoms. The molecule has 178 valence electrons. The van der Waals surface area contributed by atoms with E-state index in [1.807, 2.05) is 6.08 Å². The molecule has 4 atom stereocenters. The van der Waals surface area contributed by atoms with E-state index in [0.29, 0.717) is 0 Å². The maximum Gasteiger partial charge on any atom is 0.149 e. The molecule has 0 amide bonds. The lowest BCUT2D eigenvalue weighted by atomic mass is 10.0. The van der Waals surface area contributed by atoms with Crippen molar-refractivity contribution in [3.63, 3.8) is 0 Å². The van der Waals surface area contributed by atoms with Gasteiger partial charge >= 0.3 is 0 Å². The van der Waals surface area contributed by atoms with Crippen LogP contribution in [0, 0.1) is 0 Å². The monoisotopic (exact) mass is 428 g/mol. The molecule has 1 saturated heterocycles. The minimum atomic E-state index is -1.11. The van der Waals surface area contributed by atoms with Crippen LogP contribution in [0.1, 0.15) is 110 Å². The molecule has 1 aliphatic heterocycles. The van der Waals surface area contributed by atoms with Gasteiger partial charge in [0.15, 0.2) is 0 Å². The van der Waals surface area contributed by atoms with Crippen LogP contribution in [0.2, 0.25) is 0 Å². The van der Waals surface area contributed by atoms with Gasteiger partial charge in [0.2, 0.25) is 0 Å². The van der Waals surface area contributed by atoms with Gasteiger partial charge in [-0.1, -0.05) is 96.8 Å². The molecule has 0 aliphatic carbocycles. The lowest BCUT2D eigenvalue weighted by Gasteiger charge is -2.36. The van der Waals surface area contributed by atoms with E-state index in [9.17, 15) is 10.2 Å². The molecule has 1 fully saturated rings. The first-order valence-electron chi connectivity index (χ1n) is 12.6. The van der Waals surface area contributed by atoms with Gasteiger partial charge < -0.3 is 24.8 Å². The molecule has 0 unspecified atom stereocenters. The Balaban J connectivity index is 1.83. The molecule has 5 heteroatoms. The topological polar surface area (TPSA) is 79.2 Å². The van der Waals surface area contributed by atoms with Crippen LogP contribution in [-0.2, 0) is 9.47 Å². The summed E-state index contributed by atoms with van der Waals surface area (Å²) in [6.07, 6.45) is 21.6. The summed E-state index contributed by atoms with van der Waals surface area (Å²) in [7, 11) is 0. The van der Waals surface area contributed by atoms with Crippen LogP contribution < -0.4 is 0 Å². The van der Waals surface area contributed by atoms with Crippen molar-refractivity contribution in [3.05, 3.63) is 12.3 Å². The van der Waals surface area contributed by atoms with Crippen LogP contribution in [0.4, 0.5) is 0 Å². The summed E-state index contributed by atoms with van der Waals surface area (Å²) in [6, 6.07) is 0. The van der Waals surface area contributed by atoms with Crippen molar-refractivity contribution in [1.29, 1.82) is 0 Å². The van der Waals surface area contributed by atoms with E-state index in [-0.39, 0.29) is 13.2 Å². The molecule has 0 aromatic rings. The fourth-order valence-electron chi connectivity index (χ4n) is 3.99. The van der Waals surface area contributed by atoms with E-state index in [0.717, 1.165) is 12.8 Å². The Morgan fingerprint density at radius 1 is 0.767 bits per heavy atom. The number of hydrogen-bond donors (Lipinski definition) is 3. The maximum atomic E-state index is 9.98. The minimum absolute atomic E-state index is 0.173. The second-order valence-corrected chi connectivity index (χ2v) is 8.82.